The summed E-state index contributed by atoms with van der Waals surface area (Å²) in [5.41, 5.74) is -0.362. The van der Waals surface area contributed by atoms with Crippen molar-refractivity contribution in [3.05, 3.63) is 109 Å². The summed E-state index contributed by atoms with van der Waals surface area (Å²) in [6.45, 7) is 0. The van der Waals surface area contributed by atoms with Crippen LogP contribution in [-0.2, 0) is 26.2 Å². The first-order valence-corrected chi connectivity index (χ1v) is 12.9. The third kappa shape index (κ3) is 6.94. The van der Waals surface area contributed by atoms with E-state index in [1.54, 1.807) is 48.7 Å². The van der Waals surface area contributed by atoms with Crippen molar-refractivity contribution >= 4 is 25.9 Å². The molecule has 35 heavy (non-hydrogen) atoms. The Hall–Kier alpha value is -3.61. The Bertz CT molecular complexity index is 1470. The topological polar surface area (TPSA) is 111 Å². The van der Waals surface area contributed by atoms with E-state index in [4.69, 9.17) is 5.14 Å². The first kappa shape index (κ1) is 26.0. The lowest BCUT2D eigenvalue weighted by Crippen LogP contribution is -2.15. The molecule has 184 valence electrons. The molecule has 1 aromatic heterocycles. The van der Waals surface area contributed by atoms with E-state index in [2.05, 4.69) is 4.72 Å². The standard InChI is InChI=1S/C17H13F3N2O2S.C6H7NO2S/c18-17(19,20)13-8-10-14(11-9-13)22-12-4-7-16(22)21-25(23,24)15-5-2-1-3-6-15;7-10(8,9)6-4-2-1-3-5-6/h1-12,21H;1-5H,(H2,7,8,9). The summed E-state index contributed by atoms with van der Waals surface area (Å²) in [6.07, 6.45) is -2.86. The average Bonchev–Trinajstić information content (AvgIpc) is 3.27. The molecule has 0 aliphatic carbocycles. The van der Waals surface area contributed by atoms with Gasteiger partial charge in [0.25, 0.3) is 10.0 Å². The minimum Gasteiger partial charge on any atom is -0.303 e. The van der Waals surface area contributed by atoms with E-state index in [1.807, 2.05) is 0 Å². The second-order valence-corrected chi connectivity index (χ2v) is 10.3. The minimum atomic E-state index is -4.42. The van der Waals surface area contributed by atoms with Gasteiger partial charge in [-0.15, -0.1) is 0 Å². The lowest BCUT2D eigenvalue weighted by atomic mass is 10.2. The number of benzene rings is 3. The van der Waals surface area contributed by atoms with Crippen LogP contribution in [0.4, 0.5) is 19.0 Å². The molecule has 7 nitrogen and oxygen atoms in total. The first-order valence-electron chi connectivity index (χ1n) is 9.89. The van der Waals surface area contributed by atoms with Crippen molar-refractivity contribution in [3.63, 3.8) is 0 Å². The van der Waals surface area contributed by atoms with Gasteiger partial charge in [-0.25, -0.2) is 22.0 Å². The van der Waals surface area contributed by atoms with Gasteiger partial charge >= 0.3 is 6.18 Å². The summed E-state index contributed by atoms with van der Waals surface area (Å²) in [4.78, 5) is 0.241. The molecule has 1 heterocycles. The van der Waals surface area contributed by atoms with Crippen LogP contribution in [0, 0.1) is 0 Å². The second kappa shape index (κ2) is 10.3. The molecule has 12 heteroatoms. The molecule has 0 spiro atoms. The van der Waals surface area contributed by atoms with Crippen LogP contribution in [0.2, 0.25) is 0 Å². The normalized spacial score (nSPS) is 11.9. The number of nitrogens with zero attached hydrogens (tertiary/aromatic N) is 1. The van der Waals surface area contributed by atoms with Crippen molar-refractivity contribution in [3.8, 4) is 5.69 Å². The Morgan fingerprint density at radius 2 is 1.20 bits per heavy atom. The summed E-state index contributed by atoms with van der Waals surface area (Å²) in [7, 11) is -7.30. The number of anilines is 1. The predicted molar refractivity (Wildman–Crippen MR) is 126 cm³/mol. The fourth-order valence-electron chi connectivity index (χ4n) is 2.91. The zero-order chi connectivity index (χ0) is 25.7. The summed E-state index contributed by atoms with van der Waals surface area (Å²) < 4.78 is 87.9. The molecule has 0 bridgehead atoms. The highest BCUT2D eigenvalue weighted by Crippen LogP contribution is 2.30. The summed E-state index contributed by atoms with van der Waals surface area (Å²) in [5, 5.41) is 4.83. The number of hydrogen-bond donors (Lipinski definition) is 2. The van der Waals surface area contributed by atoms with Crippen LogP contribution in [0.15, 0.2) is 113 Å². The highest BCUT2D eigenvalue weighted by molar-refractivity contribution is 7.92. The van der Waals surface area contributed by atoms with E-state index in [1.165, 1.54) is 47.0 Å². The molecule has 0 radical (unpaired) electrons. The minimum absolute atomic E-state index is 0.0927. The van der Waals surface area contributed by atoms with Crippen molar-refractivity contribution < 1.29 is 30.0 Å². The Labute approximate surface area is 200 Å². The van der Waals surface area contributed by atoms with Crippen LogP contribution in [0.25, 0.3) is 5.69 Å². The van der Waals surface area contributed by atoms with Gasteiger partial charge in [0.15, 0.2) is 0 Å². The van der Waals surface area contributed by atoms with Gasteiger partial charge in [0.05, 0.1) is 15.4 Å². The molecule has 4 aromatic rings. The van der Waals surface area contributed by atoms with Gasteiger partial charge in [0.1, 0.15) is 5.82 Å². The Balaban J connectivity index is 0.000000287. The van der Waals surface area contributed by atoms with Crippen molar-refractivity contribution in [2.75, 3.05) is 4.72 Å². The number of halogens is 3. The maximum atomic E-state index is 12.7. The maximum absolute atomic E-state index is 12.7. The van der Waals surface area contributed by atoms with Gasteiger partial charge in [-0.3, -0.25) is 4.72 Å². The van der Waals surface area contributed by atoms with Gasteiger partial charge in [0, 0.05) is 11.9 Å². The highest BCUT2D eigenvalue weighted by atomic mass is 32.2. The van der Waals surface area contributed by atoms with Crippen molar-refractivity contribution in [1.82, 2.24) is 4.57 Å². The quantitative estimate of drug-likeness (QED) is 0.397. The summed E-state index contributed by atoms with van der Waals surface area (Å²) in [5.74, 6) is 0.226. The molecule has 4 rings (SSSR count). The smallest absolute Gasteiger partial charge is 0.303 e. The monoisotopic (exact) mass is 523 g/mol. The molecular formula is C23H20F3N3O4S2. The van der Waals surface area contributed by atoms with Gasteiger partial charge in [-0.1, -0.05) is 36.4 Å². The van der Waals surface area contributed by atoms with Crippen LogP contribution in [0.5, 0.6) is 0 Å². The first-order chi connectivity index (χ1) is 16.4. The van der Waals surface area contributed by atoms with E-state index in [0.29, 0.717) is 5.69 Å². The Morgan fingerprint density at radius 3 is 1.66 bits per heavy atom. The van der Waals surface area contributed by atoms with Crippen LogP contribution in [-0.4, -0.2) is 21.4 Å². The number of alkyl halides is 3. The fourth-order valence-corrected chi connectivity index (χ4v) is 4.52. The van der Waals surface area contributed by atoms with Crippen molar-refractivity contribution in [2.24, 2.45) is 5.14 Å². The molecule has 0 fully saturated rings. The number of nitrogens with one attached hydrogen (secondary N) is 1. The molecule has 0 aliphatic rings. The third-order valence-corrected chi connectivity index (χ3v) is 6.89. The molecule has 0 atom stereocenters. The molecule has 0 saturated carbocycles. The number of rotatable bonds is 5. The maximum Gasteiger partial charge on any atom is 0.416 e. The Kier molecular flexibility index (Phi) is 7.68. The van der Waals surface area contributed by atoms with E-state index >= 15 is 0 Å². The van der Waals surface area contributed by atoms with Gasteiger partial charge in [-0.05, 0) is 60.7 Å². The van der Waals surface area contributed by atoms with Crippen LogP contribution < -0.4 is 9.86 Å². The molecule has 3 aromatic carbocycles. The van der Waals surface area contributed by atoms with E-state index in [9.17, 15) is 30.0 Å². The zero-order valence-corrected chi connectivity index (χ0v) is 19.6. The van der Waals surface area contributed by atoms with Crippen LogP contribution in [0.3, 0.4) is 0 Å². The fraction of sp³-hybridized carbons (Fsp3) is 0.0435. The average molecular weight is 524 g/mol. The summed E-state index contributed by atoms with van der Waals surface area (Å²) in [6, 6.07) is 23.3. The largest absolute Gasteiger partial charge is 0.416 e. The van der Waals surface area contributed by atoms with Crippen LogP contribution in [0.1, 0.15) is 5.56 Å². The number of hydrogen-bond acceptors (Lipinski definition) is 4. The van der Waals surface area contributed by atoms with Gasteiger partial charge in [-0.2, -0.15) is 13.2 Å². The molecule has 0 saturated heterocycles. The number of primary sulfonamides is 1. The molecule has 3 N–H and O–H groups in total. The molecule has 0 unspecified atom stereocenters. The van der Waals surface area contributed by atoms with Crippen LogP contribution >= 0.6 is 0 Å². The van der Waals surface area contributed by atoms with Gasteiger partial charge in [0.2, 0.25) is 10.0 Å². The van der Waals surface area contributed by atoms with E-state index in [-0.39, 0.29) is 15.6 Å². The van der Waals surface area contributed by atoms with E-state index in [0.717, 1.165) is 12.1 Å². The van der Waals surface area contributed by atoms with Crippen molar-refractivity contribution in [1.29, 1.82) is 0 Å². The molecular weight excluding hydrogens is 503 g/mol. The predicted octanol–water partition coefficient (Wildman–Crippen LogP) is 4.63. The van der Waals surface area contributed by atoms with E-state index < -0.39 is 31.8 Å². The number of nitrogens with two attached hydrogens (primary N) is 1. The van der Waals surface area contributed by atoms with Crippen molar-refractivity contribution in [2.45, 2.75) is 16.0 Å². The third-order valence-electron chi connectivity index (χ3n) is 4.59. The molecule has 0 aliphatic heterocycles. The lowest BCUT2D eigenvalue weighted by Gasteiger charge is -2.13. The SMILES string of the molecule is NS(=O)(=O)c1ccccc1.O=S(=O)(Nc1cccn1-c1ccc(C(F)(F)F)cc1)c1ccccc1. The zero-order valence-electron chi connectivity index (χ0n) is 17.9. The number of aromatic nitrogens is 1. The highest BCUT2D eigenvalue weighted by Gasteiger charge is 2.30. The Morgan fingerprint density at radius 1 is 0.686 bits per heavy atom. The number of sulfonamides is 2. The molecule has 0 amide bonds. The summed E-state index contributed by atoms with van der Waals surface area (Å²) >= 11 is 0. The second-order valence-electron chi connectivity index (χ2n) is 7.08. The lowest BCUT2D eigenvalue weighted by molar-refractivity contribution is -0.137. The van der Waals surface area contributed by atoms with Gasteiger partial charge < -0.3 is 4.57 Å².